The number of carboxylic acids is 1. The minimum Gasteiger partial charge on any atom is -0.481 e. The first kappa shape index (κ1) is 15.1. The summed E-state index contributed by atoms with van der Waals surface area (Å²) in [5.41, 5.74) is 5.29. The van der Waals surface area contributed by atoms with Crippen LogP contribution < -0.4 is 0 Å². The first-order valence-electron chi connectivity index (χ1n) is 8.20. The Morgan fingerprint density at radius 1 is 1.36 bits per heavy atom. The summed E-state index contributed by atoms with van der Waals surface area (Å²) < 4.78 is 2.37. The fourth-order valence-corrected chi connectivity index (χ4v) is 3.69. The Balaban J connectivity index is 2.21. The van der Waals surface area contributed by atoms with E-state index in [1.807, 2.05) is 0 Å². The molecule has 0 aliphatic heterocycles. The molecule has 1 aromatic carbocycles. The SMILES string of the molecule is CCn1c2c(c3cc(C(C)(C)C)ccc31)CC(C(=O)O)CC2. The van der Waals surface area contributed by atoms with E-state index in [1.54, 1.807) is 0 Å². The highest BCUT2D eigenvalue weighted by Crippen LogP contribution is 2.36. The molecule has 0 saturated heterocycles. The number of aliphatic carboxylic acids is 1. The summed E-state index contributed by atoms with van der Waals surface area (Å²) in [4.78, 5) is 11.4. The minimum atomic E-state index is -0.657. The van der Waals surface area contributed by atoms with E-state index < -0.39 is 5.97 Å². The van der Waals surface area contributed by atoms with E-state index in [0.717, 1.165) is 19.4 Å². The molecule has 1 aromatic heterocycles. The van der Waals surface area contributed by atoms with Crippen LogP contribution in [0, 0.1) is 5.92 Å². The molecule has 1 aliphatic carbocycles. The third kappa shape index (κ3) is 2.33. The van der Waals surface area contributed by atoms with Gasteiger partial charge < -0.3 is 9.67 Å². The molecule has 1 aliphatic rings. The molecule has 0 spiro atoms. The highest BCUT2D eigenvalue weighted by Gasteiger charge is 2.29. The second-order valence-electron chi connectivity index (χ2n) is 7.43. The second kappa shape index (κ2) is 5.15. The van der Waals surface area contributed by atoms with Crippen molar-refractivity contribution in [2.75, 3.05) is 0 Å². The molecule has 1 N–H and O–H groups in total. The predicted molar refractivity (Wildman–Crippen MR) is 89.5 cm³/mol. The summed E-state index contributed by atoms with van der Waals surface area (Å²) in [5.74, 6) is -0.892. The van der Waals surface area contributed by atoms with Gasteiger partial charge in [-0.25, -0.2) is 0 Å². The van der Waals surface area contributed by atoms with Crippen LogP contribution in [0.3, 0.4) is 0 Å². The lowest BCUT2D eigenvalue weighted by atomic mass is 9.83. The molecular weight excluding hydrogens is 274 g/mol. The molecule has 3 rings (SSSR count). The second-order valence-corrected chi connectivity index (χ2v) is 7.43. The molecule has 0 fully saturated rings. The van der Waals surface area contributed by atoms with E-state index in [-0.39, 0.29) is 11.3 Å². The Morgan fingerprint density at radius 3 is 2.68 bits per heavy atom. The number of aryl methyl sites for hydroxylation is 1. The number of rotatable bonds is 2. The largest absolute Gasteiger partial charge is 0.481 e. The Bertz CT molecular complexity index is 734. The van der Waals surface area contributed by atoms with Gasteiger partial charge in [-0.15, -0.1) is 0 Å². The normalized spacial score (nSPS) is 18.5. The molecule has 0 bridgehead atoms. The van der Waals surface area contributed by atoms with Gasteiger partial charge in [0.05, 0.1) is 5.92 Å². The van der Waals surface area contributed by atoms with Crippen LogP contribution in [0.25, 0.3) is 10.9 Å². The minimum absolute atomic E-state index is 0.107. The Labute approximate surface area is 131 Å². The van der Waals surface area contributed by atoms with Crippen LogP contribution in [0.2, 0.25) is 0 Å². The Hall–Kier alpha value is -1.77. The van der Waals surface area contributed by atoms with Crippen molar-refractivity contribution in [3.63, 3.8) is 0 Å². The van der Waals surface area contributed by atoms with Gasteiger partial charge in [0, 0.05) is 23.1 Å². The molecule has 2 aromatic rings. The number of nitrogens with zero attached hydrogens (tertiary/aromatic N) is 1. The summed E-state index contributed by atoms with van der Waals surface area (Å²) >= 11 is 0. The molecule has 3 heteroatoms. The maximum atomic E-state index is 11.4. The highest BCUT2D eigenvalue weighted by atomic mass is 16.4. The van der Waals surface area contributed by atoms with Gasteiger partial charge in [-0.2, -0.15) is 0 Å². The number of hydrogen-bond donors (Lipinski definition) is 1. The van der Waals surface area contributed by atoms with Crippen molar-refractivity contribution in [2.24, 2.45) is 5.92 Å². The zero-order valence-electron chi connectivity index (χ0n) is 13.9. The van der Waals surface area contributed by atoms with E-state index >= 15 is 0 Å². The average Bonchev–Trinajstić information content (AvgIpc) is 2.78. The van der Waals surface area contributed by atoms with Crippen molar-refractivity contribution in [1.29, 1.82) is 0 Å². The van der Waals surface area contributed by atoms with Gasteiger partial charge in [0.2, 0.25) is 0 Å². The molecule has 1 unspecified atom stereocenters. The molecule has 3 nitrogen and oxygen atoms in total. The van der Waals surface area contributed by atoms with Gasteiger partial charge in [-0.1, -0.05) is 26.8 Å². The maximum absolute atomic E-state index is 11.4. The number of benzene rings is 1. The van der Waals surface area contributed by atoms with Gasteiger partial charge in [-0.05, 0) is 54.9 Å². The summed E-state index contributed by atoms with van der Waals surface area (Å²) in [7, 11) is 0. The number of fused-ring (bicyclic) bond motifs is 3. The molecule has 22 heavy (non-hydrogen) atoms. The molecule has 1 heterocycles. The lowest BCUT2D eigenvalue weighted by molar-refractivity contribution is -0.142. The third-order valence-corrected chi connectivity index (χ3v) is 5.00. The van der Waals surface area contributed by atoms with Crippen LogP contribution >= 0.6 is 0 Å². The van der Waals surface area contributed by atoms with Gasteiger partial charge in [0.15, 0.2) is 0 Å². The number of aromatic nitrogens is 1. The van der Waals surface area contributed by atoms with Crippen molar-refractivity contribution in [1.82, 2.24) is 4.57 Å². The lowest BCUT2D eigenvalue weighted by Crippen LogP contribution is -2.22. The maximum Gasteiger partial charge on any atom is 0.306 e. The zero-order chi connectivity index (χ0) is 16.1. The van der Waals surface area contributed by atoms with Gasteiger partial charge in [0.25, 0.3) is 0 Å². The van der Waals surface area contributed by atoms with E-state index in [0.29, 0.717) is 6.42 Å². The van der Waals surface area contributed by atoms with Gasteiger partial charge in [0.1, 0.15) is 0 Å². The van der Waals surface area contributed by atoms with Gasteiger partial charge >= 0.3 is 5.97 Å². The highest BCUT2D eigenvalue weighted by molar-refractivity contribution is 5.87. The first-order valence-corrected chi connectivity index (χ1v) is 8.20. The molecule has 0 amide bonds. The zero-order valence-corrected chi connectivity index (χ0v) is 13.9. The monoisotopic (exact) mass is 299 g/mol. The molecule has 1 atom stereocenters. The van der Waals surface area contributed by atoms with Crippen LogP contribution in [0.15, 0.2) is 18.2 Å². The lowest BCUT2D eigenvalue weighted by Gasteiger charge is -2.21. The quantitative estimate of drug-likeness (QED) is 0.905. The summed E-state index contributed by atoms with van der Waals surface area (Å²) in [6, 6.07) is 6.71. The summed E-state index contributed by atoms with van der Waals surface area (Å²) in [6.07, 6.45) is 2.30. The van der Waals surface area contributed by atoms with Crippen LogP contribution in [0.4, 0.5) is 0 Å². The van der Waals surface area contributed by atoms with Gasteiger partial charge in [-0.3, -0.25) is 4.79 Å². The van der Waals surface area contributed by atoms with E-state index in [4.69, 9.17) is 0 Å². The Kier molecular flexibility index (Phi) is 3.54. The molecule has 118 valence electrons. The number of hydrogen-bond acceptors (Lipinski definition) is 1. The molecule has 0 radical (unpaired) electrons. The average molecular weight is 299 g/mol. The van der Waals surface area contributed by atoms with Crippen LogP contribution in [0.5, 0.6) is 0 Å². The smallest absolute Gasteiger partial charge is 0.306 e. The van der Waals surface area contributed by atoms with Crippen molar-refractivity contribution in [2.45, 2.75) is 58.9 Å². The van der Waals surface area contributed by atoms with Crippen molar-refractivity contribution >= 4 is 16.9 Å². The van der Waals surface area contributed by atoms with E-state index in [9.17, 15) is 9.90 Å². The third-order valence-electron chi connectivity index (χ3n) is 5.00. The topological polar surface area (TPSA) is 42.2 Å². The molecule has 0 saturated carbocycles. The van der Waals surface area contributed by atoms with Crippen molar-refractivity contribution in [3.05, 3.63) is 35.0 Å². The predicted octanol–water partition coefficient (Wildman–Crippen LogP) is 4.15. The fraction of sp³-hybridized carbons (Fsp3) is 0.526. The summed E-state index contributed by atoms with van der Waals surface area (Å²) in [5, 5.41) is 10.6. The summed E-state index contributed by atoms with van der Waals surface area (Å²) in [6.45, 7) is 9.77. The standard InChI is InChI=1S/C19H25NO2/c1-5-20-16-8-6-12(18(21)22)10-14(16)15-11-13(19(2,3)4)7-9-17(15)20/h7,9,11-12H,5-6,8,10H2,1-4H3,(H,21,22). The number of carboxylic acid groups (broad SMARTS) is 1. The van der Waals surface area contributed by atoms with Crippen LogP contribution in [-0.2, 0) is 29.6 Å². The van der Waals surface area contributed by atoms with Crippen LogP contribution in [0.1, 0.15) is 50.9 Å². The molecular formula is C19H25NO2. The van der Waals surface area contributed by atoms with Crippen molar-refractivity contribution < 1.29 is 9.90 Å². The number of carbonyl (C=O) groups is 1. The fourth-order valence-electron chi connectivity index (χ4n) is 3.69. The van der Waals surface area contributed by atoms with Crippen LogP contribution in [-0.4, -0.2) is 15.6 Å². The van der Waals surface area contributed by atoms with E-state index in [2.05, 4.69) is 50.5 Å². The van der Waals surface area contributed by atoms with E-state index in [1.165, 1.54) is 27.7 Å². The Morgan fingerprint density at radius 2 is 2.09 bits per heavy atom. The van der Waals surface area contributed by atoms with Crippen molar-refractivity contribution in [3.8, 4) is 0 Å². The first-order chi connectivity index (χ1) is 10.3.